The fourth-order valence-corrected chi connectivity index (χ4v) is 3.04. The van der Waals surface area contributed by atoms with Crippen LogP contribution < -0.4 is 9.47 Å². The van der Waals surface area contributed by atoms with Crippen LogP contribution in [0.4, 0.5) is 22.0 Å². The molecule has 0 aliphatic rings. The number of nitrogens with zero attached hydrogens (tertiary/aromatic N) is 2. The number of pyridine rings is 2. The van der Waals surface area contributed by atoms with Gasteiger partial charge in [0.15, 0.2) is 16.4 Å². The lowest BCUT2D eigenvalue weighted by Gasteiger charge is -2.19. The molecule has 0 amide bonds. The predicted octanol–water partition coefficient (Wildman–Crippen LogP) is 3.52. The van der Waals surface area contributed by atoms with Crippen LogP contribution in [0, 0.1) is 0 Å². The first-order valence-corrected chi connectivity index (χ1v) is 9.37. The molecule has 0 saturated carbocycles. The molecule has 2 aromatic heterocycles. The quantitative estimate of drug-likeness (QED) is 0.631. The zero-order valence-electron chi connectivity index (χ0n) is 14.6. The summed E-state index contributed by atoms with van der Waals surface area (Å²) in [5.74, 6) is -5.46. The highest BCUT2D eigenvalue weighted by molar-refractivity contribution is 7.91. The Kier molecular flexibility index (Phi) is 6.12. The maximum Gasteiger partial charge on any atom is 0.456 e. The third-order valence-electron chi connectivity index (χ3n) is 3.61. The summed E-state index contributed by atoms with van der Waals surface area (Å²) in [5.41, 5.74) is 0.253. The summed E-state index contributed by atoms with van der Waals surface area (Å²) in [7, 11) is -2.35. The van der Waals surface area contributed by atoms with Crippen molar-refractivity contribution in [2.45, 2.75) is 23.9 Å². The number of ether oxygens (including phenoxy) is 2. The minimum absolute atomic E-state index is 0.108. The highest BCUT2D eigenvalue weighted by Crippen LogP contribution is 2.36. The van der Waals surface area contributed by atoms with E-state index in [1.165, 1.54) is 26.2 Å². The van der Waals surface area contributed by atoms with Gasteiger partial charge < -0.3 is 9.47 Å². The van der Waals surface area contributed by atoms with Crippen molar-refractivity contribution < 1.29 is 39.8 Å². The third-order valence-corrected chi connectivity index (χ3v) is 5.37. The second kappa shape index (κ2) is 7.86. The number of rotatable bonds is 7. The molecular formula is C16H15F5N2O4S. The smallest absolute Gasteiger partial charge is 0.456 e. The Balaban J connectivity index is 2.33. The van der Waals surface area contributed by atoms with Gasteiger partial charge in [0, 0.05) is 11.6 Å². The van der Waals surface area contributed by atoms with E-state index in [2.05, 4.69) is 14.7 Å². The van der Waals surface area contributed by atoms with E-state index in [0.29, 0.717) is 0 Å². The van der Waals surface area contributed by atoms with Crippen LogP contribution in [-0.2, 0) is 9.84 Å². The molecule has 6 nitrogen and oxygen atoms in total. The molecule has 0 bridgehead atoms. The maximum absolute atomic E-state index is 12.9. The number of aromatic nitrogens is 2. The van der Waals surface area contributed by atoms with Gasteiger partial charge in [0.25, 0.3) is 0 Å². The average Bonchev–Trinajstić information content (AvgIpc) is 2.65. The molecule has 0 atom stereocenters. The van der Waals surface area contributed by atoms with Crippen LogP contribution in [0.2, 0.25) is 0 Å². The van der Waals surface area contributed by atoms with Crippen LogP contribution in [-0.4, -0.2) is 50.0 Å². The summed E-state index contributed by atoms with van der Waals surface area (Å²) in [6.45, 7) is -0.468. The van der Waals surface area contributed by atoms with E-state index in [9.17, 15) is 30.4 Å². The zero-order valence-corrected chi connectivity index (χ0v) is 15.4. The maximum atomic E-state index is 12.9. The van der Waals surface area contributed by atoms with Crippen molar-refractivity contribution in [2.75, 3.05) is 19.5 Å². The van der Waals surface area contributed by atoms with Crippen molar-refractivity contribution in [3.63, 3.8) is 0 Å². The van der Waals surface area contributed by atoms with E-state index >= 15 is 0 Å². The van der Waals surface area contributed by atoms with Crippen LogP contribution in [0.5, 0.6) is 11.6 Å². The standard InChI is InChI=1S/C16H15F5N2O4S/c1-3-28(24,25)13-8-23-14(26-2)6-11(13)12-5-4-10(7-22-12)27-9-15(17,18)16(19,20)21/h4-8H,3,9H2,1-2H3. The van der Waals surface area contributed by atoms with Gasteiger partial charge in [-0.2, -0.15) is 22.0 Å². The average molecular weight is 426 g/mol. The lowest BCUT2D eigenvalue weighted by Crippen LogP contribution is -2.41. The van der Waals surface area contributed by atoms with Gasteiger partial charge in [-0.1, -0.05) is 6.92 Å². The summed E-state index contributed by atoms with van der Waals surface area (Å²) >= 11 is 0. The second-order valence-electron chi connectivity index (χ2n) is 5.50. The molecular weight excluding hydrogens is 411 g/mol. The topological polar surface area (TPSA) is 78.4 Å². The van der Waals surface area contributed by atoms with Crippen molar-refractivity contribution in [1.29, 1.82) is 0 Å². The number of hydrogen-bond donors (Lipinski definition) is 0. The van der Waals surface area contributed by atoms with Crippen LogP contribution in [0.15, 0.2) is 35.5 Å². The fraction of sp³-hybridized carbons (Fsp3) is 0.375. The van der Waals surface area contributed by atoms with Gasteiger partial charge in [0.2, 0.25) is 5.88 Å². The lowest BCUT2D eigenvalue weighted by molar-refractivity contribution is -0.290. The minimum Gasteiger partial charge on any atom is -0.485 e. The Morgan fingerprint density at radius 2 is 1.75 bits per heavy atom. The zero-order chi connectivity index (χ0) is 21.2. The monoisotopic (exact) mass is 426 g/mol. The Hall–Kier alpha value is -2.50. The molecule has 0 spiro atoms. The summed E-state index contributed by atoms with van der Waals surface area (Å²) in [6.07, 6.45) is -3.72. The minimum atomic E-state index is -5.74. The van der Waals surface area contributed by atoms with E-state index in [4.69, 9.17) is 4.74 Å². The summed E-state index contributed by atoms with van der Waals surface area (Å²) < 4.78 is 96.2. The van der Waals surface area contributed by atoms with Gasteiger partial charge in [-0.25, -0.2) is 13.4 Å². The van der Waals surface area contributed by atoms with Crippen molar-refractivity contribution in [1.82, 2.24) is 9.97 Å². The lowest BCUT2D eigenvalue weighted by atomic mass is 10.2. The number of methoxy groups -OCH3 is 1. The third kappa shape index (κ3) is 4.66. The number of sulfone groups is 1. The number of alkyl halides is 5. The molecule has 0 saturated heterocycles. The highest BCUT2D eigenvalue weighted by Gasteiger charge is 2.58. The number of hydrogen-bond acceptors (Lipinski definition) is 6. The Morgan fingerprint density at radius 3 is 2.25 bits per heavy atom. The van der Waals surface area contributed by atoms with Gasteiger partial charge in [0.05, 0.1) is 35.8 Å². The van der Waals surface area contributed by atoms with Crippen molar-refractivity contribution in [3.05, 3.63) is 30.6 Å². The molecule has 2 rings (SSSR count). The normalized spacial score (nSPS) is 12.7. The van der Waals surface area contributed by atoms with Crippen LogP contribution in [0.25, 0.3) is 11.3 Å². The fourth-order valence-electron chi connectivity index (χ4n) is 2.02. The van der Waals surface area contributed by atoms with Gasteiger partial charge in [-0.15, -0.1) is 0 Å². The number of halogens is 5. The van der Waals surface area contributed by atoms with E-state index in [0.717, 1.165) is 18.5 Å². The van der Waals surface area contributed by atoms with Gasteiger partial charge >= 0.3 is 12.1 Å². The first-order chi connectivity index (χ1) is 12.9. The van der Waals surface area contributed by atoms with Crippen LogP contribution >= 0.6 is 0 Å². The Morgan fingerprint density at radius 1 is 1.07 bits per heavy atom. The molecule has 28 heavy (non-hydrogen) atoms. The summed E-state index contributed by atoms with van der Waals surface area (Å²) in [5, 5.41) is 0. The van der Waals surface area contributed by atoms with E-state index in [1.807, 2.05) is 0 Å². The predicted molar refractivity (Wildman–Crippen MR) is 88.2 cm³/mol. The van der Waals surface area contributed by atoms with Crippen molar-refractivity contribution in [3.8, 4) is 22.9 Å². The molecule has 2 aromatic rings. The Labute approximate surface area is 157 Å². The second-order valence-corrected chi connectivity index (χ2v) is 7.74. The largest absolute Gasteiger partial charge is 0.485 e. The molecule has 2 heterocycles. The molecule has 12 heteroatoms. The molecule has 0 aliphatic heterocycles. The van der Waals surface area contributed by atoms with Gasteiger partial charge in [-0.05, 0) is 12.1 Å². The summed E-state index contributed by atoms with van der Waals surface area (Å²) in [4.78, 5) is 7.62. The molecule has 0 aliphatic carbocycles. The molecule has 0 unspecified atom stereocenters. The Bertz CT molecular complexity index is 931. The highest BCUT2D eigenvalue weighted by atomic mass is 32.2. The van der Waals surface area contributed by atoms with E-state index in [1.54, 1.807) is 0 Å². The first-order valence-electron chi connectivity index (χ1n) is 7.72. The van der Waals surface area contributed by atoms with Gasteiger partial charge in [0.1, 0.15) is 5.75 Å². The van der Waals surface area contributed by atoms with E-state index in [-0.39, 0.29) is 33.5 Å². The summed E-state index contributed by atoms with van der Waals surface area (Å²) in [6, 6.07) is 3.65. The SMILES string of the molecule is CCS(=O)(=O)c1cnc(OC)cc1-c1ccc(OCC(F)(F)C(F)(F)F)cn1. The molecule has 154 valence electrons. The van der Waals surface area contributed by atoms with Crippen LogP contribution in [0.1, 0.15) is 6.92 Å². The first kappa shape index (κ1) is 21.8. The van der Waals surface area contributed by atoms with Gasteiger partial charge in [-0.3, -0.25) is 4.98 Å². The molecule has 0 N–H and O–H groups in total. The molecule has 0 aromatic carbocycles. The van der Waals surface area contributed by atoms with Crippen LogP contribution in [0.3, 0.4) is 0 Å². The molecule has 0 radical (unpaired) electrons. The van der Waals surface area contributed by atoms with Crippen molar-refractivity contribution in [2.24, 2.45) is 0 Å². The van der Waals surface area contributed by atoms with Crippen molar-refractivity contribution >= 4 is 9.84 Å². The van der Waals surface area contributed by atoms with E-state index < -0.39 is 28.5 Å². The molecule has 0 fully saturated rings.